The van der Waals surface area contributed by atoms with Gasteiger partial charge in [-0.15, -0.1) is 0 Å². The van der Waals surface area contributed by atoms with E-state index in [1.807, 2.05) is 36.4 Å². The Labute approximate surface area is 155 Å². The van der Waals surface area contributed by atoms with E-state index in [2.05, 4.69) is 14.7 Å². The summed E-state index contributed by atoms with van der Waals surface area (Å²) in [6.07, 6.45) is 1.63. The maximum Gasteiger partial charge on any atom is 0.248 e. The molecule has 1 heterocycles. The van der Waals surface area contributed by atoms with E-state index in [9.17, 15) is 9.59 Å². The lowest BCUT2D eigenvalue weighted by atomic mass is 10.0. The van der Waals surface area contributed by atoms with Crippen LogP contribution in [0.1, 0.15) is 28.8 Å². The van der Waals surface area contributed by atoms with Crippen LogP contribution in [0.5, 0.6) is 0 Å². The highest BCUT2D eigenvalue weighted by Gasteiger charge is 2.09. The normalized spacial score (nSPS) is 10.5. The molecule has 26 heavy (non-hydrogen) atoms. The summed E-state index contributed by atoms with van der Waals surface area (Å²) in [6.45, 7) is 0. The van der Waals surface area contributed by atoms with E-state index in [-0.39, 0.29) is 5.91 Å². The van der Waals surface area contributed by atoms with Crippen molar-refractivity contribution >= 4 is 29.0 Å². The van der Waals surface area contributed by atoms with Gasteiger partial charge in [0.15, 0.2) is 5.82 Å². The molecule has 6 nitrogen and oxygen atoms in total. The van der Waals surface area contributed by atoms with Crippen LogP contribution in [-0.4, -0.2) is 21.2 Å². The lowest BCUT2D eigenvalue weighted by Crippen LogP contribution is -2.14. The summed E-state index contributed by atoms with van der Waals surface area (Å²) in [5.41, 5.74) is 10.1. The number of benzene rings is 2. The third-order valence-electron chi connectivity index (χ3n) is 3.92. The second-order valence-electron chi connectivity index (χ2n) is 5.76. The van der Waals surface area contributed by atoms with E-state index < -0.39 is 5.91 Å². The third kappa shape index (κ3) is 4.52. The maximum atomic E-state index is 12.1. The number of aryl methyl sites for hydroxylation is 1. The zero-order valence-corrected chi connectivity index (χ0v) is 14.8. The Balaban J connectivity index is 1.51. The van der Waals surface area contributed by atoms with Crippen molar-refractivity contribution in [2.75, 3.05) is 5.32 Å². The van der Waals surface area contributed by atoms with E-state index >= 15 is 0 Å². The van der Waals surface area contributed by atoms with Gasteiger partial charge in [-0.3, -0.25) is 9.59 Å². The summed E-state index contributed by atoms with van der Waals surface area (Å²) in [5.74, 6) is 0.168. The van der Waals surface area contributed by atoms with E-state index in [0.29, 0.717) is 30.7 Å². The average molecular weight is 366 g/mol. The fourth-order valence-electron chi connectivity index (χ4n) is 2.64. The van der Waals surface area contributed by atoms with Crippen molar-refractivity contribution in [2.45, 2.75) is 19.3 Å². The fraction of sp³-hybridized carbons (Fsp3) is 0.158. The SMILES string of the molecule is NC(=O)c1ccccc1CCCC(=O)Nc1ccc(-c2ncsn2)cc1. The number of aromatic nitrogens is 2. The number of carbonyl (C=O) groups excluding carboxylic acids is 2. The molecule has 0 aliphatic heterocycles. The summed E-state index contributed by atoms with van der Waals surface area (Å²) in [5, 5.41) is 2.87. The molecule has 0 aliphatic carbocycles. The standard InChI is InChI=1S/C19H18N4O2S/c20-18(25)16-6-2-1-4-13(16)5-3-7-17(24)22-15-10-8-14(9-11-15)19-21-12-26-23-19/h1-2,4,6,8-12H,3,5,7H2,(H2,20,25)(H,22,24). The van der Waals surface area contributed by atoms with Crippen LogP contribution in [0.4, 0.5) is 5.69 Å². The van der Waals surface area contributed by atoms with Gasteiger partial charge in [-0.1, -0.05) is 18.2 Å². The minimum absolute atomic E-state index is 0.0684. The number of primary amides is 1. The van der Waals surface area contributed by atoms with Gasteiger partial charge in [0, 0.05) is 23.2 Å². The number of nitrogens with two attached hydrogens (primary N) is 1. The lowest BCUT2D eigenvalue weighted by molar-refractivity contribution is -0.116. The highest BCUT2D eigenvalue weighted by atomic mass is 32.1. The quantitative estimate of drug-likeness (QED) is 0.670. The molecule has 0 spiro atoms. The van der Waals surface area contributed by atoms with Crippen molar-refractivity contribution in [1.82, 2.24) is 9.36 Å². The van der Waals surface area contributed by atoms with Crippen molar-refractivity contribution in [1.29, 1.82) is 0 Å². The molecule has 0 aliphatic rings. The number of rotatable bonds is 7. The highest BCUT2D eigenvalue weighted by molar-refractivity contribution is 7.03. The Hall–Kier alpha value is -3.06. The number of nitrogens with zero attached hydrogens (tertiary/aromatic N) is 2. The number of hydrogen-bond donors (Lipinski definition) is 2. The van der Waals surface area contributed by atoms with Crippen LogP contribution in [0.2, 0.25) is 0 Å². The summed E-state index contributed by atoms with van der Waals surface area (Å²) >= 11 is 1.30. The predicted molar refractivity (Wildman–Crippen MR) is 102 cm³/mol. The summed E-state index contributed by atoms with van der Waals surface area (Å²) in [7, 11) is 0. The molecule has 3 rings (SSSR count). The zero-order valence-electron chi connectivity index (χ0n) is 14.0. The van der Waals surface area contributed by atoms with Gasteiger partial charge in [0.05, 0.1) is 0 Å². The van der Waals surface area contributed by atoms with Gasteiger partial charge in [-0.25, -0.2) is 4.98 Å². The Morgan fingerprint density at radius 3 is 2.54 bits per heavy atom. The van der Waals surface area contributed by atoms with Gasteiger partial charge in [-0.05, 0) is 60.3 Å². The Morgan fingerprint density at radius 1 is 1.08 bits per heavy atom. The molecule has 0 saturated carbocycles. The number of hydrogen-bond acceptors (Lipinski definition) is 5. The number of anilines is 1. The first kappa shape index (κ1) is 17.8. The largest absolute Gasteiger partial charge is 0.366 e. The van der Waals surface area contributed by atoms with Crippen molar-refractivity contribution in [3.8, 4) is 11.4 Å². The predicted octanol–water partition coefficient (Wildman–Crippen LogP) is 3.27. The minimum Gasteiger partial charge on any atom is -0.366 e. The molecule has 0 atom stereocenters. The fourth-order valence-corrected chi connectivity index (χ4v) is 3.09. The zero-order chi connectivity index (χ0) is 18.4. The van der Waals surface area contributed by atoms with Crippen molar-refractivity contribution in [3.63, 3.8) is 0 Å². The van der Waals surface area contributed by atoms with Crippen LogP contribution < -0.4 is 11.1 Å². The Kier molecular flexibility index (Phi) is 5.70. The molecule has 2 amide bonds. The molecule has 1 aromatic heterocycles. The molecule has 2 aromatic carbocycles. The first-order chi connectivity index (χ1) is 12.6. The molecule has 0 bridgehead atoms. The van der Waals surface area contributed by atoms with Crippen molar-refractivity contribution in [3.05, 3.63) is 65.2 Å². The Bertz CT molecular complexity index is 892. The summed E-state index contributed by atoms with van der Waals surface area (Å²) in [4.78, 5) is 27.7. The van der Waals surface area contributed by atoms with Gasteiger partial charge in [-0.2, -0.15) is 4.37 Å². The number of amides is 2. The van der Waals surface area contributed by atoms with Crippen molar-refractivity contribution < 1.29 is 9.59 Å². The van der Waals surface area contributed by atoms with Crippen LogP contribution in [-0.2, 0) is 11.2 Å². The van der Waals surface area contributed by atoms with Gasteiger partial charge in [0.2, 0.25) is 11.8 Å². The minimum atomic E-state index is -0.445. The van der Waals surface area contributed by atoms with Crippen LogP contribution in [0, 0.1) is 0 Å². The number of carbonyl (C=O) groups is 2. The van der Waals surface area contributed by atoms with Gasteiger partial charge in [0.25, 0.3) is 0 Å². The van der Waals surface area contributed by atoms with E-state index in [1.165, 1.54) is 11.5 Å². The van der Waals surface area contributed by atoms with Crippen LogP contribution in [0.25, 0.3) is 11.4 Å². The van der Waals surface area contributed by atoms with E-state index in [4.69, 9.17) is 5.73 Å². The summed E-state index contributed by atoms with van der Waals surface area (Å²) < 4.78 is 4.18. The molecule has 132 valence electrons. The van der Waals surface area contributed by atoms with Gasteiger partial charge in [0.1, 0.15) is 5.51 Å². The summed E-state index contributed by atoms with van der Waals surface area (Å²) in [6, 6.07) is 14.6. The molecular weight excluding hydrogens is 348 g/mol. The molecule has 0 fully saturated rings. The van der Waals surface area contributed by atoms with Crippen LogP contribution in [0.3, 0.4) is 0 Å². The Morgan fingerprint density at radius 2 is 1.85 bits per heavy atom. The average Bonchev–Trinajstić information content (AvgIpc) is 3.17. The third-order valence-corrected chi connectivity index (χ3v) is 4.40. The molecule has 0 unspecified atom stereocenters. The highest BCUT2D eigenvalue weighted by Crippen LogP contribution is 2.19. The monoisotopic (exact) mass is 366 g/mol. The molecule has 3 N–H and O–H groups in total. The smallest absolute Gasteiger partial charge is 0.248 e. The maximum absolute atomic E-state index is 12.1. The van der Waals surface area contributed by atoms with Gasteiger partial charge < -0.3 is 11.1 Å². The molecule has 7 heteroatoms. The second-order valence-corrected chi connectivity index (χ2v) is 6.36. The molecular formula is C19H18N4O2S. The molecule has 0 radical (unpaired) electrons. The van der Waals surface area contributed by atoms with Crippen molar-refractivity contribution in [2.24, 2.45) is 5.73 Å². The molecule has 3 aromatic rings. The van der Waals surface area contributed by atoms with E-state index in [1.54, 1.807) is 17.6 Å². The lowest BCUT2D eigenvalue weighted by Gasteiger charge is -2.08. The van der Waals surface area contributed by atoms with E-state index in [0.717, 1.165) is 16.8 Å². The van der Waals surface area contributed by atoms with Crippen LogP contribution >= 0.6 is 11.5 Å². The number of nitrogens with one attached hydrogen (secondary N) is 1. The first-order valence-electron chi connectivity index (χ1n) is 8.18. The second kappa shape index (κ2) is 8.35. The molecule has 0 saturated heterocycles. The van der Waals surface area contributed by atoms with Gasteiger partial charge >= 0.3 is 0 Å². The van der Waals surface area contributed by atoms with Crippen LogP contribution in [0.15, 0.2) is 54.0 Å². The topological polar surface area (TPSA) is 98.0 Å². The first-order valence-corrected chi connectivity index (χ1v) is 9.01.